The molecule has 0 aliphatic carbocycles. The molecular formula is C18H22F3N3O4. The number of rotatable bonds is 5. The smallest absolute Gasteiger partial charge is 0.420 e. The van der Waals surface area contributed by atoms with Gasteiger partial charge < -0.3 is 14.6 Å². The molecular weight excluding hydrogens is 379 g/mol. The van der Waals surface area contributed by atoms with E-state index in [9.17, 15) is 23.1 Å². The van der Waals surface area contributed by atoms with Gasteiger partial charge in [-0.25, -0.2) is 9.48 Å². The SMILES string of the molecule is CCOC(=O)c1nn(C(C)(C)C)c(Oc2cncc(CO)c2C(F)(F)F)c1C. The van der Waals surface area contributed by atoms with Crippen LogP contribution in [0.4, 0.5) is 13.2 Å². The van der Waals surface area contributed by atoms with Gasteiger partial charge in [-0.05, 0) is 34.6 Å². The molecule has 2 aromatic heterocycles. The van der Waals surface area contributed by atoms with Gasteiger partial charge in [0.05, 0.1) is 24.9 Å². The Morgan fingerprint density at radius 1 is 1.25 bits per heavy atom. The lowest BCUT2D eigenvalue weighted by Gasteiger charge is -2.23. The Labute approximate surface area is 160 Å². The fourth-order valence-corrected chi connectivity index (χ4v) is 2.55. The van der Waals surface area contributed by atoms with Crippen molar-refractivity contribution in [2.45, 2.75) is 52.9 Å². The van der Waals surface area contributed by atoms with E-state index in [2.05, 4.69) is 10.1 Å². The monoisotopic (exact) mass is 401 g/mol. The summed E-state index contributed by atoms with van der Waals surface area (Å²) in [5.74, 6) is -1.34. The Morgan fingerprint density at radius 2 is 1.89 bits per heavy atom. The summed E-state index contributed by atoms with van der Waals surface area (Å²) in [5, 5.41) is 13.5. The number of nitrogens with zero attached hydrogens (tertiary/aromatic N) is 3. The Hall–Kier alpha value is -2.62. The van der Waals surface area contributed by atoms with Crippen LogP contribution in [0.3, 0.4) is 0 Å². The second-order valence-corrected chi connectivity index (χ2v) is 7.01. The summed E-state index contributed by atoms with van der Waals surface area (Å²) in [4.78, 5) is 15.9. The van der Waals surface area contributed by atoms with Gasteiger partial charge in [-0.1, -0.05) is 0 Å². The molecule has 0 aromatic carbocycles. The van der Waals surface area contributed by atoms with E-state index >= 15 is 0 Å². The molecule has 154 valence electrons. The maximum absolute atomic E-state index is 13.6. The Kier molecular flexibility index (Phi) is 6.03. The zero-order chi connectivity index (χ0) is 21.3. The highest BCUT2D eigenvalue weighted by molar-refractivity contribution is 5.89. The molecule has 0 fully saturated rings. The van der Waals surface area contributed by atoms with Gasteiger partial charge in [0, 0.05) is 17.3 Å². The standard InChI is InChI=1S/C18H22F3N3O4/c1-6-27-16(26)14-10(2)15(24(23-14)17(3,4)5)28-12-8-22-7-11(9-25)13(12)18(19,20)21/h7-8,25H,6,9H2,1-5H3. The van der Waals surface area contributed by atoms with Gasteiger partial charge in [-0.15, -0.1) is 0 Å². The van der Waals surface area contributed by atoms with Crippen molar-refractivity contribution in [1.29, 1.82) is 0 Å². The lowest BCUT2D eigenvalue weighted by Crippen LogP contribution is -2.24. The van der Waals surface area contributed by atoms with E-state index in [-0.39, 0.29) is 23.7 Å². The Bertz CT molecular complexity index is 870. The molecule has 0 saturated heterocycles. The molecule has 1 N–H and O–H groups in total. The second kappa shape index (κ2) is 7.78. The van der Waals surface area contributed by atoms with Crippen LogP contribution >= 0.6 is 0 Å². The minimum atomic E-state index is -4.78. The molecule has 2 rings (SSSR count). The van der Waals surface area contributed by atoms with E-state index in [0.29, 0.717) is 0 Å². The van der Waals surface area contributed by atoms with Crippen LogP contribution in [0.2, 0.25) is 0 Å². The number of aromatic nitrogens is 3. The van der Waals surface area contributed by atoms with Crippen LogP contribution in [-0.2, 0) is 23.1 Å². The fourth-order valence-electron chi connectivity index (χ4n) is 2.55. The van der Waals surface area contributed by atoms with Gasteiger partial charge in [0.25, 0.3) is 0 Å². The highest BCUT2D eigenvalue weighted by Crippen LogP contribution is 2.41. The summed E-state index contributed by atoms with van der Waals surface area (Å²) in [5.41, 5.74) is -2.08. The van der Waals surface area contributed by atoms with Crippen LogP contribution in [-0.4, -0.2) is 32.4 Å². The van der Waals surface area contributed by atoms with Crippen LogP contribution in [0.25, 0.3) is 0 Å². The van der Waals surface area contributed by atoms with Gasteiger partial charge in [-0.3, -0.25) is 4.98 Å². The van der Waals surface area contributed by atoms with Gasteiger partial charge in [0.2, 0.25) is 5.88 Å². The maximum atomic E-state index is 13.6. The molecule has 0 atom stereocenters. The Balaban J connectivity index is 2.66. The van der Waals surface area contributed by atoms with Gasteiger partial charge >= 0.3 is 12.1 Å². The quantitative estimate of drug-likeness (QED) is 0.767. The first-order valence-electron chi connectivity index (χ1n) is 8.51. The number of hydrogen-bond acceptors (Lipinski definition) is 6. The molecule has 0 aliphatic heterocycles. The summed E-state index contributed by atoms with van der Waals surface area (Å²) in [7, 11) is 0. The molecule has 2 aromatic rings. The number of ether oxygens (including phenoxy) is 2. The lowest BCUT2D eigenvalue weighted by atomic mass is 10.1. The third kappa shape index (κ3) is 4.27. The second-order valence-electron chi connectivity index (χ2n) is 7.01. The van der Waals surface area contributed by atoms with Crippen LogP contribution in [0.15, 0.2) is 12.4 Å². The van der Waals surface area contributed by atoms with Crippen molar-refractivity contribution in [2.24, 2.45) is 0 Å². The highest BCUT2D eigenvalue weighted by Gasteiger charge is 2.38. The van der Waals surface area contributed by atoms with E-state index in [1.807, 2.05) is 0 Å². The van der Waals surface area contributed by atoms with E-state index in [0.717, 1.165) is 12.4 Å². The van der Waals surface area contributed by atoms with E-state index in [1.54, 1.807) is 27.7 Å². The number of carbonyl (C=O) groups is 1. The molecule has 28 heavy (non-hydrogen) atoms. The molecule has 2 heterocycles. The number of carbonyl (C=O) groups excluding carboxylic acids is 1. The predicted molar refractivity (Wildman–Crippen MR) is 93.2 cm³/mol. The van der Waals surface area contributed by atoms with Crippen LogP contribution in [0, 0.1) is 6.92 Å². The van der Waals surface area contributed by atoms with E-state index in [4.69, 9.17) is 9.47 Å². The molecule has 7 nitrogen and oxygen atoms in total. The predicted octanol–water partition coefficient (Wildman–Crippen LogP) is 3.82. The molecule has 0 unspecified atom stereocenters. The zero-order valence-electron chi connectivity index (χ0n) is 16.2. The molecule has 0 spiro atoms. The topological polar surface area (TPSA) is 86.5 Å². The lowest BCUT2D eigenvalue weighted by molar-refractivity contribution is -0.139. The average Bonchev–Trinajstić information content (AvgIpc) is 2.91. The number of aliphatic hydroxyl groups is 1. The van der Waals surface area contributed by atoms with Crippen LogP contribution < -0.4 is 4.74 Å². The first-order chi connectivity index (χ1) is 12.9. The molecule has 10 heteroatoms. The van der Waals surface area contributed by atoms with Gasteiger partial charge in [0.15, 0.2) is 11.4 Å². The minimum Gasteiger partial charge on any atom is -0.461 e. The summed E-state index contributed by atoms with van der Waals surface area (Å²) in [6.45, 7) is 7.68. The minimum absolute atomic E-state index is 0.0436. The summed E-state index contributed by atoms with van der Waals surface area (Å²) >= 11 is 0. The first-order valence-corrected chi connectivity index (χ1v) is 8.51. The summed E-state index contributed by atoms with van der Waals surface area (Å²) in [6, 6.07) is 0. The van der Waals surface area contributed by atoms with Crippen LogP contribution in [0.1, 0.15) is 54.9 Å². The molecule has 0 bridgehead atoms. The van der Waals surface area contributed by atoms with Crippen molar-refractivity contribution in [1.82, 2.24) is 14.8 Å². The van der Waals surface area contributed by atoms with Crippen molar-refractivity contribution >= 4 is 5.97 Å². The Morgan fingerprint density at radius 3 is 2.39 bits per heavy atom. The van der Waals surface area contributed by atoms with E-state index in [1.165, 1.54) is 11.6 Å². The largest absolute Gasteiger partial charge is 0.461 e. The highest BCUT2D eigenvalue weighted by atomic mass is 19.4. The van der Waals surface area contributed by atoms with Gasteiger partial charge in [0.1, 0.15) is 5.56 Å². The average molecular weight is 401 g/mol. The number of pyridine rings is 1. The first kappa shape index (κ1) is 21.7. The van der Waals surface area contributed by atoms with Crippen molar-refractivity contribution in [2.75, 3.05) is 6.61 Å². The third-order valence-electron chi connectivity index (χ3n) is 3.82. The van der Waals surface area contributed by atoms with Crippen molar-refractivity contribution in [3.05, 3.63) is 34.8 Å². The summed E-state index contributed by atoms with van der Waals surface area (Å²) < 4.78 is 52.5. The number of alkyl halides is 3. The molecule has 0 aliphatic rings. The van der Waals surface area contributed by atoms with Crippen molar-refractivity contribution in [3.63, 3.8) is 0 Å². The third-order valence-corrected chi connectivity index (χ3v) is 3.82. The number of esters is 1. The number of halogens is 3. The molecule has 0 saturated carbocycles. The number of aliphatic hydroxyl groups excluding tert-OH is 1. The van der Waals surface area contributed by atoms with Crippen molar-refractivity contribution in [3.8, 4) is 11.6 Å². The zero-order valence-corrected chi connectivity index (χ0v) is 16.2. The summed E-state index contributed by atoms with van der Waals surface area (Å²) in [6.07, 6.45) is -2.94. The van der Waals surface area contributed by atoms with E-state index < -0.39 is 41.2 Å². The molecule has 0 amide bonds. The normalized spacial score (nSPS) is 12.2. The van der Waals surface area contributed by atoms with Gasteiger partial charge in [-0.2, -0.15) is 18.3 Å². The number of hydrogen-bond donors (Lipinski definition) is 1. The van der Waals surface area contributed by atoms with Crippen molar-refractivity contribution < 1.29 is 32.5 Å². The fraction of sp³-hybridized carbons (Fsp3) is 0.500. The molecule has 0 radical (unpaired) electrons. The maximum Gasteiger partial charge on any atom is 0.420 e. The van der Waals surface area contributed by atoms with Crippen LogP contribution in [0.5, 0.6) is 11.6 Å².